The molecule has 1 aliphatic rings. The summed E-state index contributed by atoms with van der Waals surface area (Å²) in [7, 11) is 0. The second-order valence-corrected chi connectivity index (χ2v) is 7.02. The Hall–Kier alpha value is -3.80. The summed E-state index contributed by atoms with van der Waals surface area (Å²) in [6, 6.07) is 16.5. The lowest BCUT2D eigenvalue weighted by molar-refractivity contribution is 0.102. The first-order valence-corrected chi connectivity index (χ1v) is 9.26. The average Bonchev–Trinajstić information content (AvgIpc) is 3.35. The average molecular weight is 386 g/mol. The van der Waals surface area contributed by atoms with Gasteiger partial charge in [-0.1, -0.05) is 0 Å². The second-order valence-electron chi connectivity index (χ2n) is 7.02. The fourth-order valence-corrected chi connectivity index (χ4v) is 3.24. The maximum atomic E-state index is 12.5. The van der Waals surface area contributed by atoms with E-state index in [9.17, 15) is 4.79 Å². The normalized spacial score (nSPS) is 12.3. The maximum absolute atomic E-state index is 12.5. The van der Waals surface area contributed by atoms with Crippen molar-refractivity contribution in [2.75, 3.05) is 12.1 Å². The van der Waals surface area contributed by atoms with Crippen LogP contribution in [0.15, 0.2) is 59.0 Å². The number of aryl methyl sites for hydroxylation is 2. The molecule has 1 N–H and O–H groups in total. The number of rotatable bonds is 3. The van der Waals surface area contributed by atoms with Crippen LogP contribution in [0.1, 0.15) is 21.5 Å². The summed E-state index contributed by atoms with van der Waals surface area (Å²) in [5.74, 6) is 1.56. The Morgan fingerprint density at radius 2 is 1.69 bits per heavy atom. The highest BCUT2D eigenvalue weighted by atomic mass is 16.7. The van der Waals surface area contributed by atoms with Gasteiger partial charge in [-0.05, 0) is 79.6 Å². The van der Waals surface area contributed by atoms with Crippen LogP contribution in [0.4, 0.5) is 5.69 Å². The number of benzene rings is 3. The van der Waals surface area contributed by atoms with Crippen molar-refractivity contribution >= 4 is 22.7 Å². The number of amides is 1. The minimum Gasteiger partial charge on any atom is -0.454 e. The fraction of sp³-hybridized carbons (Fsp3) is 0.130. The molecule has 0 atom stereocenters. The van der Waals surface area contributed by atoms with Gasteiger partial charge in [0, 0.05) is 16.8 Å². The Balaban J connectivity index is 1.35. The molecule has 5 rings (SSSR count). The monoisotopic (exact) mass is 386 g/mol. The summed E-state index contributed by atoms with van der Waals surface area (Å²) >= 11 is 0. The number of hydrogen-bond acceptors (Lipinski definition) is 5. The van der Waals surface area contributed by atoms with E-state index in [-0.39, 0.29) is 12.7 Å². The van der Waals surface area contributed by atoms with E-state index in [2.05, 4.69) is 24.1 Å². The van der Waals surface area contributed by atoms with Gasteiger partial charge in [-0.15, -0.1) is 0 Å². The van der Waals surface area contributed by atoms with Gasteiger partial charge < -0.3 is 19.2 Å². The van der Waals surface area contributed by atoms with Gasteiger partial charge in [0.25, 0.3) is 5.91 Å². The molecule has 29 heavy (non-hydrogen) atoms. The first-order valence-electron chi connectivity index (χ1n) is 9.26. The predicted octanol–water partition coefficient (Wildman–Crippen LogP) is 5.09. The molecule has 0 saturated carbocycles. The quantitative estimate of drug-likeness (QED) is 0.531. The smallest absolute Gasteiger partial charge is 0.255 e. The van der Waals surface area contributed by atoms with Crippen molar-refractivity contribution in [1.82, 2.24) is 4.98 Å². The van der Waals surface area contributed by atoms with Crippen LogP contribution in [0.5, 0.6) is 11.5 Å². The summed E-state index contributed by atoms with van der Waals surface area (Å²) in [6.45, 7) is 4.28. The van der Waals surface area contributed by atoms with Crippen molar-refractivity contribution in [2.45, 2.75) is 13.8 Å². The van der Waals surface area contributed by atoms with E-state index in [4.69, 9.17) is 13.9 Å². The second kappa shape index (κ2) is 6.67. The van der Waals surface area contributed by atoms with Gasteiger partial charge in [-0.25, -0.2) is 4.98 Å². The number of fused-ring (bicyclic) bond motifs is 2. The van der Waals surface area contributed by atoms with E-state index < -0.39 is 0 Å². The predicted molar refractivity (Wildman–Crippen MR) is 109 cm³/mol. The largest absolute Gasteiger partial charge is 0.454 e. The Bertz CT molecular complexity index is 1200. The molecule has 2 heterocycles. The Labute approximate surface area is 167 Å². The van der Waals surface area contributed by atoms with E-state index in [1.165, 1.54) is 11.1 Å². The third-order valence-electron chi connectivity index (χ3n) is 5.03. The number of nitrogens with one attached hydrogen (secondary N) is 1. The van der Waals surface area contributed by atoms with E-state index in [0.29, 0.717) is 28.6 Å². The molecule has 0 unspecified atom stereocenters. The van der Waals surface area contributed by atoms with Crippen molar-refractivity contribution in [2.24, 2.45) is 0 Å². The van der Waals surface area contributed by atoms with E-state index >= 15 is 0 Å². The van der Waals surface area contributed by atoms with Gasteiger partial charge in [0.1, 0.15) is 5.52 Å². The van der Waals surface area contributed by atoms with Gasteiger partial charge in [0.15, 0.2) is 17.1 Å². The van der Waals surface area contributed by atoms with Gasteiger partial charge >= 0.3 is 0 Å². The van der Waals surface area contributed by atoms with Crippen LogP contribution in [-0.2, 0) is 0 Å². The number of anilines is 1. The zero-order chi connectivity index (χ0) is 20.0. The van der Waals surface area contributed by atoms with Crippen molar-refractivity contribution in [3.8, 4) is 23.0 Å². The zero-order valence-corrected chi connectivity index (χ0v) is 16.0. The number of hydrogen-bond donors (Lipinski definition) is 1. The van der Waals surface area contributed by atoms with E-state index in [1.54, 1.807) is 18.2 Å². The van der Waals surface area contributed by atoms with Gasteiger partial charge in [-0.2, -0.15) is 0 Å². The number of oxazole rings is 1. The molecular formula is C23H18N2O4. The van der Waals surface area contributed by atoms with Crippen molar-refractivity contribution < 1.29 is 18.7 Å². The molecule has 1 amide bonds. The summed E-state index contributed by atoms with van der Waals surface area (Å²) in [5.41, 5.74) is 5.98. The molecule has 0 aliphatic carbocycles. The lowest BCUT2D eigenvalue weighted by Gasteiger charge is -2.06. The number of ether oxygens (including phenoxy) is 2. The molecule has 144 valence electrons. The third-order valence-corrected chi connectivity index (χ3v) is 5.03. The van der Waals surface area contributed by atoms with Gasteiger partial charge in [0.2, 0.25) is 12.7 Å². The van der Waals surface area contributed by atoms with Crippen LogP contribution in [0, 0.1) is 13.8 Å². The summed E-state index contributed by atoms with van der Waals surface area (Å²) in [4.78, 5) is 17.1. The van der Waals surface area contributed by atoms with E-state index in [0.717, 1.165) is 16.7 Å². The third kappa shape index (κ3) is 3.18. The Morgan fingerprint density at radius 1 is 0.931 bits per heavy atom. The minimum absolute atomic E-state index is 0.177. The lowest BCUT2D eigenvalue weighted by atomic mass is 10.1. The molecule has 1 aliphatic heterocycles. The Morgan fingerprint density at radius 3 is 2.52 bits per heavy atom. The highest BCUT2D eigenvalue weighted by Crippen LogP contribution is 2.33. The lowest BCUT2D eigenvalue weighted by Crippen LogP contribution is -2.11. The maximum Gasteiger partial charge on any atom is 0.255 e. The fourth-order valence-electron chi connectivity index (χ4n) is 3.24. The number of nitrogens with zero attached hydrogens (tertiary/aromatic N) is 1. The van der Waals surface area contributed by atoms with Crippen molar-refractivity contribution in [3.05, 3.63) is 71.3 Å². The van der Waals surface area contributed by atoms with Gasteiger partial charge in [-0.3, -0.25) is 4.79 Å². The molecule has 0 radical (unpaired) electrons. The highest BCUT2D eigenvalue weighted by molar-refractivity contribution is 6.04. The number of carbonyl (C=O) groups is 1. The highest BCUT2D eigenvalue weighted by Gasteiger charge is 2.16. The Kier molecular flexibility index (Phi) is 3.98. The standard InChI is InChI=1S/C23H18N2O4/c1-13-9-18-20(10-14(13)2)29-23(25-18)15-3-6-17(7-4-15)24-22(26)16-5-8-19-21(11-16)28-12-27-19/h3-11H,12H2,1-2H3,(H,24,26). The zero-order valence-electron chi connectivity index (χ0n) is 16.0. The summed E-state index contributed by atoms with van der Waals surface area (Å²) in [6.07, 6.45) is 0. The number of carbonyl (C=O) groups excluding carboxylic acids is 1. The van der Waals surface area contributed by atoms with E-state index in [1.807, 2.05) is 36.4 Å². The molecule has 1 aromatic heterocycles. The van der Waals surface area contributed by atoms with Crippen LogP contribution in [0.25, 0.3) is 22.6 Å². The molecule has 6 heteroatoms. The van der Waals surface area contributed by atoms with Crippen LogP contribution >= 0.6 is 0 Å². The molecule has 4 aromatic rings. The minimum atomic E-state index is -0.219. The van der Waals surface area contributed by atoms with Gasteiger partial charge in [0.05, 0.1) is 0 Å². The molecule has 3 aromatic carbocycles. The summed E-state index contributed by atoms with van der Waals surface area (Å²) in [5, 5.41) is 2.88. The molecule has 0 fully saturated rings. The molecule has 0 spiro atoms. The van der Waals surface area contributed by atoms with Crippen molar-refractivity contribution in [1.29, 1.82) is 0 Å². The molecular weight excluding hydrogens is 368 g/mol. The van der Waals surface area contributed by atoms with Crippen LogP contribution in [0.3, 0.4) is 0 Å². The van der Waals surface area contributed by atoms with Crippen LogP contribution < -0.4 is 14.8 Å². The van der Waals surface area contributed by atoms with Crippen LogP contribution in [-0.4, -0.2) is 17.7 Å². The first kappa shape index (κ1) is 17.3. The SMILES string of the molecule is Cc1cc2nc(-c3ccc(NC(=O)c4ccc5c(c4)OCO5)cc3)oc2cc1C. The molecule has 6 nitrogen and oxygen atoms in total. The van der Waals surface area contributed by atoms with Crippen molar-refractivity contribution in [3.63, 3.8) is 0 Å². The topological polar surface area (TPSA) is 73.6 Å². The van der Waals surface area contributed by atoms with Crippen LogP contribution in [0.2, 0.25) is 0 Å². The molecule has 0 saturated heterocycles. The molecule has 0 bridgehead atoms. The summed E-state index contributed by atoms with van der Waals surface area (Å²) < 4.78 is 16.5. The number of aromatic nitrogens is 1. The first-order chi connectivity index (χ1) is 14.1.